The summed E-state index contributed by atoms with van der Waals surface area (Å²) in [5.41, 5.74) is 0.768. The van der Waals surface area contributed by atoms with Crippen molar-refractivity contribution in [2.45, 2.75) is 53.2 Å². The Hall–Kier alpha value is -2.62. The number of fused-ring (bicyclic) bond motifs is 1. The second-order valence-electron chi connectivity index (χ2n) is 8.08. The molecule has 3 rings (SSSR count). The van der Waals surface area contributed by atoms with Gasteiger partial charge in [-0.1, -0.05) is 62.4 Å². The van der Waals surface area contributed by atoms with Crippen LogP contribution in [0.5, 0.6) is 0 Å². The summed E-state index contributed by atoms with van der Waals surface area (Å²) >= 11 is 0. The number of hydrogen-bond donors (Lipinski definition) is 0. The number of aryl methyl sites for hydroxylation is 1. The minimum atomic E-state index is -0.582. The molecule has 2 aromatic carbocycles. The van der Waals surface area contributed by atoms with Gasteiger partial charge in [-0.3, -0.25) is 4.79 Å². The molecule has 1 heterocycles. The Labute approximate surface area is 161 Å². The number of imide groups is 1. The van der Waals surface area contributed by atoms with E-state index in [0.29, 0.717) is 0 Å². The van der Waals surface area contributed by atoms with Crippen LogP contribution in [0, 0.1) is 12.8 Å². The van der Waals surface area contributed by atoms with Gasteiger partial charge in [-0.15, -0.1) is 0 Å². The standard InChI is InChI=1S/C12H19NO3.C11H10/c1-8(2)9-6-7-10(14)13(9)11(15)16-12(3,4)5;1-9-5-4-7-10-6-2-3-8-11(9)10/h6-9H,1-5H3;2-8H,1H3/t9-;/m1./s1. The van der Waals surface area contributed by atoms with Gasteiger partial charge in [0.25, 0.3) is 5.91 Å². The van der Waals surface area contributed by atoms with Crippen LogP contribution < -0.4 is 0 Å². The molecule has 1 aliphatic heterocycles. The van der Waals surface area contributed by atoms with Crippen LogP contribution in [0.1, 0.15) is 40.2 Å². The Bertz CT molecular complexity index is 841. The van der Waals surface area contributed by atoms with Crippen LogP contribution >= 0.6 is 0 Å². The van der Waals surface area contributed by atoms with Gasteiger partial charge < -0.3 is 4.74 Å². The van der Waals surface area contributed by atoms with Gasteiger partial charge in [0.05, 0.1) is 6.04 Å². The summed E-state index contributed by atoms with van der Waals surface area (Å²) in [7, 11) is 0. The van der Waals surface area contributed by atoms with Crippen LogP contribution in [0.4, 0.5) is 4.79 Å². The zero-order chi connectivity index (χ0) is 20.2. The van der Waals surface area contributed by atoms with Gasteiger partial charge in [-0.2, -0.15) is 0 Å². The molecule has 0 aliphatic carbocycles. The van der Waals surface area contributed by atoms with Crippen LogP contribution in [-0.2, 0) is 9.53 Å². The molecule has 4 nitrogen and oxygen atoms in total. The third-order valence-electron chi connectivity index (χ3n) is 4.25. The molecule has 27 heavy (non-hydrogen) atoms. The van der Waals surface area contributed by atoms with Crippen LogP contribution in [-0.4, -0.2) is 28.5 Å². The van der Waals surface area contributed by atoms with Gasteiger partial charge in [0, 0.05) is 6.08 Å². The fourth-order valence-corrected chi connectivity index (χ4v) is 2.92. The third kappa shape index (κ3) is 5.43. The number of benzene rings is 2. The van der Waals surface area contributed by atoms with E-state index in [1.165, 1.54) is 27.3 Å². The predicted octanol–water partition coefficient (Wildman–Crippen LogP) is 5.49. The van der Waals surface area contributed by atoms with Crippen LogP contribution in [0.3, 0.4) is 0 Å². The SMILES string of the molecule is CC(C)[C@H]1C=CC(=O)N1C(=O)OC(C)(C)C.Cc1cccc2ccccc12. The minimum Gasteiger partial charge on any atom is -0.443 e. The summed E-state index contributed by atoms with van der Waals surface area (Å²) in [6, 6.07) is 14.6. The van der Waals surface area contributed by atoms with E-state index in [0.717, 1.165) is 0 Å². The van der Waals surface area contributed by atoms with E-state index in [4.69, 9.17) is 4.74 Å². The number of carbonyl (C=O) groups excluding carboxylic acids is 2. The first-order valence-electron chi connectivity index (χ1n) is 9.29. The highest BCUT2D eigenvalue weighted by Gasteiger charge is 2.36. The molecule has 0 saturated heterocycles. The quantitative estimate of drug-likeness (QED) is 0.669. The summed E-state index contributed by atoms with van der Waals surface area (Å²) in [5.74, 6) is -0.108. The normalized spacial score (nSPS) is 16.5. The van der Waals surface area contributed by atoms with Gasteiger partial charge in [-0.05, 0) is 49.9 Å². The van der Waals surface area contributed by atoms with E-state index in [9.17, 15) is 9.59 Å². The van der Waals surface area contributed by atoms with Gasteiger partial charge in [0.1, 0.15) is 5.60 Å². The second kappa shape index (κ2) is 8.38. The number of nitrogens with zero attached hydrogens (tertiary/aromatic N) is 1. The molecular weight excluding hydrogens is 338 g/mol. The maximum Gasteiger partial charge on any atom is 0.417 e. The monoisotopic (exact) mass is 367 g/mol. The lowest BCUT2D eigenvalue weighted by Crippen LogP contribution is -2.44. The molecule has 1 atom stereocenters. The molecule has 144 valence electrons. The zero-order valence-electron chi connectivity index (χ0n) is 17.0. The molecule has 0 unspecified atom stereocenters. The fourth-order valence-electron chi connectivity index (χ4n) is 2.92. The van der Waals surface area contributed by atoms with Crippen molar-refractivity contribution in [1.29, 1.82) is 0 Å². The van der Waals surface area contributed by atoms with Crippen molar-refractivity contribution in [2.75, 3.05) is 0 Å². The second-order valence-corrected chi connectivity index (χ2v) is 8.08. The van der Waals surface area contributed by atoms with Crippen molar-refractivity contribution in [3.63, 3.8) is 0 Å². The Kier molecular flexibility index (Phi) is 6.42. The molecule has 0 spiro atoms. The maximum absolute atomic E-state index is 11.8. The van der Waals surface area contributed by atoms with Gasteiger partial charge in [-0.25, -0.2) is 9.69 Å². The highest BCUT2D eigenvalue weighted by molar-refractivity contribution is 6.01. The molecule has 2 aromatic rings. The lowest BCUT2D eigenvalue weighted by atomic mass is 10.1. The molecule has 0 aromatic heterocycles. The van der Waals surface area contributed by atoms with Crippen molar-refractivity contribution < 1.29 is 14.3 Å². The van der Waals surface area contributed by atoms with E-state index in [2.05, 4.69) is 49.4 Å². The van der Waals surface area contributed by atoms with E-state index in [-0.39, 0.29) is 17.9 Å². The lowest BCUT2D eigenvalue weighted by Gasteiger charge is -2.28. The van der Waals surface area contributed by atoms with E-state index in [1.54, 1.807) is 26.8 Å². The zero-order valence-corrected chi connectivity index (χ0v) is 17.0. The van der Waals surface area contributed by atoms with Crippen LogP contribution in [0.25, 0.3) is 10.8 Å². The third-order valence-corrected chi connectivity index (χ3v) is 4.25. The molecule has 0 fully saturated rings. The molecule has 0 radical (unpaired) electrons. The molecule has 4 heteroatoms. The molecule has 1 aliphatic rings. The Morgan fingerprint density at radius 2 is 1.70 bits per heavy atom. The summed E-state index contributed by atoms with van der Waals surface area (Å²) in [5, 5.41) is 2.68. The van der Waals surface area contributed by atoms with Gasteiger partial charge in [0.15, 0.2) is 0 Å². The fraction of sp³-hybridized carbons (Fsp3) is 0.391. The summed E-state index contributed by atoms with van der Waals surface area (Å²) in [4.78, 5) is 24.6. The maximum atomic E-state index is 11.8. The Morgan fingerprint density at radius 3 is 2.30 bits per heavy atom. The van der Waals surface area contributed by atoms with Crippen molar-refractivity contribution in [3.8, 4) is 0 Å². The summed E-state index contributed by atoms with van der Waals surface area (Å²) in [6.07, 6.45) is 2.60. The van der Waals surface area contributed by atoms with E-state index < -0.39 is 11.7 Å². The first-order valence-corrected chi connectivity index (χ1v) is 9.29. The molecule has 0 N–H and O–H groups in total. The summed E-state index contributed by atoms with van der Waals surface area (Å²) < 4.78 is 5.20. The largest absolute Gasteiger partial charge is 0.443 e. The number of rotatable bonds is 1. The van der Waals surface area contributed by atoms with Crippen molar-refractivity contribution in [3.05, 3.63) is 60.2 Å². The van der Waals surface area contributed by atoms with Crippen molar-refractivity contribution >= 4 is 22.8 Å². The molecule has 0 bridgehead atoms. The molecule has 2 amide bonds. The van der Waals surface area contributed by atoms with E-state index >= 15 is 0 Å². The smallest absolute Gasteiger partial charge is 0.417 e. The number of ether oxygens (including phenoxy) is 1. The Morgan fingerprint density at radius 1 is 1.07 bits per heavy atom. The topological polar surface area (TPSA) is 46.6 Å². The van der Waals surface area contributed by atoms with Crippen LogP contribution in [0.2, 0.25) is 0 Å². The number of hydrogen-bond acceptors (Lipinski definition) is 3. The van der Waals surface area contributed by atoms with Crippen molar-refractivity contribution in [1.82, 2.24) is 4.90 Å². The average Bonchev–Trinajstić information content (AvgIpc) is 2.96. The minimum absolute atomic E-state index is 0.190. The lowest BCUT2D eigenvalue weighted by molar-refractivity contribution is -0.125. The van der Waals surface area contributed by atoms with Gasteiger partial charge >= 0.3 is 6.09 Å². The summed E-state index contributed by atoms with van der Waals surface area (Å²) in [6.45, 7) is 11.4. The van der Waals surface area contributed by atoms with Crippen molar-refractivity contribution in [2.24, 2.45) is 5.92 Å². The van der Waals surface area contributed by atoms with Crippen LogP contribution in [0.15, 0.2) is 54.6 Å². The van der Waals surface area contributed by atoms with Gasteiger partial charge in [0.2, 0.25) is 0 Å². The average molecular weight is 367 g/mol. The highest BCUT2D eigenvalue weighted by atomic mass is 16.6. The highest BCUT2D eigenvalue weighted by Crippen LogP contribution is 2.22. The number of carbonyl (C=O) groups is 2. The number of amides is 2. The molecular formula is C23H29NO3. The molecule has 0 saturated carbocycles. The first kappa shape index (κ1) is 20.7. The van der Waals surface area contributed by atoms with E-state index in [1.807, 2.05) is 13.8 Å². The Balaban J connectivity index is 0.000000206. The predicted molar refractivity (Wildman–Crippen MR) is 110 cm³/mol. The first-order chi connectivity index (χ1) is 12.6.